The van der Waals surface area contributed by atoms with Crippen LogP contribution in [0.3, 0.4) is 0 Å². The van der Waals surface area contributed by atoms with Crippen LogP contribution in [0.15, 0.2) is 29.3 Å². The lowest BCUT2D eigenvalue weighted by atomic mass is 10.3. The quantitative estimate of drug-likeness (QED) is 0.593. The third-order valence-corrected chi connectivity index (χ3v) is 1.46. The molecule has 0 fully saturated rings. The maximum Gasteiger partial charge on any atom is 0.256 e. The summed E-state index contributed by atoms with van der Waals surface area (Å²) in [4.78, 5) is 17.3. The number of aromatic nitrogens is 2. The third-order valence-electron chi connectivity index (χ3n) is 1.46. The van der Waals surface area contributed by atoms with Gasteiger partial charge in [-0.1, -0.05) is 0 Å². The highest BCUT2D eigenvalue weighted by molar-refractivity contribution is 5.76. The molecule has 0 aromatic carbocycles. The lowest BCUT2D eigenvalue weighted by Crippen LogP contribution is -2.02. The molecule has 3 nitrogen and oxygen atoms in total. The van der Waals surface area contributed by atoms with E-state index in [1.165, 1.54) is 0 Å². The Morgan fingerprint density at radius 3 is 3.36 bits per heavy atom. The minimum absolute atomic E-state index is 0.205. The second-order valence-electron chi connectivity index (χ2n) is 2.21. The van der Waals surface area contributed by atoms with Crippen LogP contribution >= 0.6 is 0 Å². The average molecular weight is 145 g/mol. The number of nitrogens with one attached hydrogen (secondary N) is 1. The minimum Gasteiger partial charge on any atom is -0.321 e. The molecular weight excluding hydrogens is 140 g/mol. The maximum absolute atomic E-state index is 10.8. The van der Waals surface area contributed by atoms with E-state index in [-0.39, 0.29) is 5.56 Å². The second kappa shape index (κ2) is 2.20. The van der Waals surface area contributed by atoms with Gasteiger partial charge in [-0.15, -0.1) is 0 Å². The monoisotopic (exact) mass is 145 g/mol. The van der Waals surface area contributed by atoms with E-state index < -0.39 is 0 Å². The van der Waals surface area contributed by atoms with Crippen LogP contribution in [-0.4, -0.2) is 9.97 Å². The first kappa shape index (κ1) is 6.09. The SMILES string of the molecule is O=c1[c]cc2cnccc2[nH]1. The molecule has 0 saturated heterocycles. The lowest BCUT2D eigenvalue weighted by molar-refractivity contribution is 1.27. The van der Waals surface area contributed by atoms with Gasteiger partial charge in [-0.25, -0.2) is 0 Å². The highest BCUT2D eigenvalue weighted by atomic mass is 16.1. The van der Waals surface area contributed by atoms with Gasteiger partial charge in [0, 0.05) is 17.8 Å². The number of nitrogens with zero attached hydrogens (tertiary/aromatic N) is 1. The van der Waals surface area contributed by atoms with Gasteiger partial charge in [0.25, 0.3) is 5.56 Å². The summed E-state index contributed by atoms with van der Waals surface area (Å²) in [5.74, 6) is 0. The molecular formula is C8H5N2O. The summed E-state index contributed by atoms with van der Waals surface area (Å²) in [5.41, 5.74) is 0.590. The topological polar surface area (TPSA) is 45.8 Å². The Kier molecular flexibility index (Phi) is 1.22. The summed E-state index contributed by atoms with van der Waals surface area (Å²) in [6, 6.07) is 5.90. The first-order valence-corrected chi connectivity index (χ1v) is 3.21. The molecule has 0 aliphatic rings. The van der Waals surface area contributed by atoms with Crippen molar-refractivity contribution >= 4 is 10.9 Å². The summed E-state index contributed by atoms with van der Waals surface area (Å²) in [5, 5.41) is 0.895. The number of fused-ring (bicyclic) bond motifs is 1. The van der Waals surface area contributed by atoms with Gasteiger partial charge < -0.3 is 4.98 Å². The molecule has 2 aromatic rings. The van der Waals surface area contributed by atoms with Crippen molar-refractivity contribution in [3.63, 3.8) is 0 Å². The second-order valence-corrected chi connectivity index (χ2v) is 2.21. The van der Waals surface area contributed by atoms with Crippen molar-refractivity contribution in [2.24, 2.45) is 0 Å². The van der Waals surface area contributed by atoms with Gasteiger partial charge in [0.05, 0.1) is 11.6 Å². The molecule has 0 aliphatic heterocycles. The largest absolute Gasteiger partial charge is 0.321 e. The van der Waals surface area contributed by atoms with Crippen LogP contribution in [0.5, 0.6) is 0 Å². The zero-order valence-electron chi connectivity index (χ0n) is 5.66. The zero-order chi connectivity index (χ0) is 7.68. The summed E-state index contributed by atoms with van der Waals surface area (Å²) >= 11 is 0. The third kappa shape index (κ3) is 1.00. The van der Waals surface area contributed by atoms with Crippen LogP contribution in [0, 0.1) is 6.07 Å². The molecule has 0 bridgehead atoms. The Labute approximate surface area is 62.7 Å². The van der Waals surface area contributed by atoms with Gasteiger partial charge in [0.1, 0.15) is 0 Å². The standard InChI is InChI=1S/C8H5N2O/c11-8-2-1-6-5-9-4-3-7(6)10-8/h1,3-5H,(H,10,11). The fourth-order valence-electron chi connectivity index (χ4n) is 0.937. The Bertz CT molecular complexity index is 433. The first-order valence-electron chi connectivity index (χ1n) is 3.21. The fourth-order valence-corrected chi connectivity index (χ4v) is 0.937. The van der Waals surface area contributed by atoms with Gasteiger partial charge in [0.2, 0.25) is 0 Å². The van der Waals surface area contributed by atoms with E-state index in [1.54, 1.807) is 24.5 Å². The van der Waals surface area contributed by atoms with Crippen LogP contribution in [0.2, 0.25) is 0 Å². The highest BCUT2D eigenvalue weighted by Crippen LogP contribution is 2.03. The van der Waals surface area contributed by atoms with E-state index in [4.69, 9.17) is 0 Å². The molecule has 53 valence electrons. The molecule has 1 N–H and O–H groups in total. The Hall–Kier alpha value is -1.64. The van der Waals surface area contributed by atoms with Crippen LogP contribution in [0.1, 0.15) is 0 Å². The van der Waals surface area contributed by atoms with E-state index in [0.29, 0.717) is 0 Å². The van der Waals surface area contributed by atoms with Gasteiger partial charge in [-0.3, -0.25) is 9.78 Å². The van der Waals surface area contributed by atoms with Crippen LogP contribution in [0.4, 0.5) is 0 Å². The molecule has 2 heterocycles. The van der Waals surface area contributed by atoms with Crippen molar-refractivity contribution in [2.45, 2.75) is 0 Å². The summed E-state index contributed by atoms with van der Waals surface area (Å²) in [7, 11) is 0. The molecule has 11 heavy (non-hydrogen) atoms. The van der Waals surface area contributed by atoms with Gasteiger partial charge in [-0.2, -0.15) is 0 Å². The van der Waals surface area contributed by atoms with Gasteiger partial charge in [-0.05, 0) is 12.1 Å². The molecule has 0 saturated carbocycles. The number of rotatable bonds is 0. The molecule has 0 unspecified atom stereocenters. The van der Waals surface area contributed by atoms with E-state index >= 15 is 0 Å². The summed E-state index contributed by atoms with van der Waals surface area (Å²) in [6.07, 6.45) is 3.32. The van der Waals surface area contributed by atoms with E-state index in [9.17, 15) is 4.79 Å². The van der Waals surface area contributed by atoms with Crippen LogP contribution in [-0.2, 0) is 0 Å². The van der Waals surface area contributed by atoms with Crippen molar-refractivity contribution in [3.05, 3.63) is 40.9 Å². The molecule has 1 radical (unpaired) electrons. The van der Waals surface area contributed by atoms with Gasteiger partial charge in [0.15, 0.2) is 0 Å². The number of hydrogen-bond donors (Lipinski definition) is 1. The van der Waals surface area contributed by atoms with Gasteiger partial charge >= 0.3 is 0 Å². The molecule has 0 amide bonds. The average Bonchev–Trinajstić information content (AvgIpc) is 2.04. The first-order chi connectivity index (χ1) is 5.36. The Morgan fingerprint density at radius 1 is 1.55 bits per heavy atom. The normalized spacial score (nSPS) is 10.2. The zero-order valence-corrected chi connectivity index (χ0v) is 5.66. The van der Waals surface area contributed by atoms with Crippen molar-refractivity contribution in [1.29, 1.82) is 0 Å². The Morgan fingerprint density at radius 2 is 2.45 bits per heavy atom. The fraction of sp³-hybridized carbons (Fsp3) is 0. The summed E-state index contributed by atoms with van der Waals surface area (Å²) in [6.45, 7) is 0. The minimum atomic E-state index is -0.205. The van der Waals surface area contributed by atoms with Crippen molar-refractivity contribution < 1.29 is 0 Å². The van der Waals surface area contributed by atoms with Crippen molar-refractivity contribution in [1.82, 2.24) is 9.97 Å². The maximum atomic E-state index is 10.8. The van der Waals surface area contributed by atoms with E-state index in [1.807, 2.05) is 0 Å². The van der Waals surface area contributed by atoms with Crippen LogP contribution < -0.4 is 5.56 Å². The molecule has 0 spiro atoms. The van der Waals surface area contributed by atoms with Crippen molar-refractivity contribution in [2.75, 3.05) is 0 Å². The molecule has 3 heteroatoms. The number of aromatic amines is 1. The van der Waals surface area contributed by atoms with E-state index in [2.05, 4.69) is 16.0 Å². The molecule has 2 rings (SSSR count). The predicted molar refractivity (Wildman–Crippen MR) is 41.2 cm³/mol. The highest BCUT2D eigenvalue weighted by Gasteiger charge is 1.90. The van der Waals surface area contributed by atoms with Crippen molar-refractivity contribution in [3.8, 4) is 0 Å². The number of hydrogen-bond acceptors (Lipinski definition) is 2. The predicted octanol–water partition coefficient (Wildman–Crippen LogP) is 0.723. The van der Waals surface area contributed by atoms with E-state index in [0.717, 1.165) is 10.9 Å². The number of pyridine rings is 2. The van der Waals surface area contributed by atoms with Crippen LogP contribution in [0.25, 0.3) is 10.9 Å². The molecule has 2 aromatic heterocycles. The summed E-state index contributed by atoms with van der Waals surface area (Å²) < 4.78 is 0. The smallest absolute Gasteiger partial charge is 0.256 e. The Balaban J connectivity index is 2.94. The molecule has 0 aliphatic carbocycles. The number of H-pyrrole nitrogens is 1. The lowest BCUT2D eigenvalue weighted by Gasteiger charge is -1.92. The molecule has 0 atom stereocenters.